The van der Waals surface area contributed by atoms with Gasteiger partial charge in [0.05, 0.1) is 0 Å². The average Bonchev–Trinajstić information content (AvgIpc) is 2.33. The Morgan fingerprint density at radius 1 is 1.35 bits per heavy atom. The van der Waals surface area contributed by atoms with Gasteiger partial charge in [-0.15, -0.1) is 0 Å². The van der Waals surface area contributed by atoms with E-state index in [0.717, 1.165) is 42.4 Å². The lowest BCUT2D eigenvalue weighted by Gasteiger charge is -2.24. The molecular formula is C14H22N2O. The minimum atomic E-state index is 0.382. The number of hydrogen-bond donors (Lipinski definition) is 3. The summed E-state index contributed by atoms with van der Waals surface area (Å²) in [6.07, 6.45) is 2.58. The third-order valence-electron chi connectivity index (χ3n) is 3.52. The Morgan fingerprint density at radius 2 is 2.18 bits per heavy atom. The van der Waals surface area contributed by atoms with E-state index >= 15 is 0 Å². The Hall–Kier alpha value is -1.22. The average molecular weight is 234 g/mol. The standard InChI is InChI=1S/C14H22N2O/c1-10-7-14(17)11(2)6-13(10)16-9-12-4-3-5-15-8-12/h6-7,12,15-17H,3-5,8-9H2,1-2H3. The molecule has 1 atom stereocenters. The molecule has 0 spiro atoms. The minimum Gasteiger partial charge on any atom is -0.508 e. The predicted molar refractivity (Wildman–Crippen MR) is 71.7 cm³/mol. The lowest BCUT2D eigenvalue weighted by atomic mass is 9.99. The maximum absolute atomic E-state index is 9.60. The second-order valence-corrected chi connectivity index (χ2v) is 5.05. The van der Waals surface area contributed by atoms with E-state index in [1.807, 2.05) is 26.0 Å². The van der Waals surface area contributed by atoms with Crippen molar-refractivity contribution in [3.05, 3.63) is 23.3 Å². The number of piperidine rings is 1. The van der Waals surface area contributed by atoms with Crippen LogP contribution in [0.5, 0.6) is 5.75 Å². The minimum absolute atomic E-state index is 0.382. The van der Waals surface area contributed by atoms with E-state index < -0.39 is 0 Å². The van der Waals surface area contributed by atoms with E-state index in [1.165, 1.54) is 12.8 Å². The molecule has 17 heavy (non-hydrogen) atoms. The van der Waals surface area contributed by atoms with Gasteiger partial charge in [-0.25, -0.2) is 0 Å². The van der Waals surface area contributed by atoms with Gasteiger partial charge in [0.2, 0.25) is 0 Å². The number of aryl methyl sites for hydroxylation is 2. The zero-order valence-electron chi connectivity index (χ0n) is 10.7. The van der Waals surface area contributed by atoms with Crippen LogP contribution in [-0.4, -0.2) is 24.7 Å². The fourth-order valence-corrected chi connectivity index (χ4v) is 2.34. The van der Waals surface area contributed by atoms with Crippen LogP contribution in [0.25, 0.3) is 0 Å². The highest BCUT2D eigenvalue weighted by Gasteiger charge is 2.13. The summed E-state index contributed by atoms with van der Waals surface area (Å²) in [4.78, 5) is 0. The highest BCUT2D eigenvalue weighted by molar-refractivity contribution is 5.56. The molecule has 0 aromatic heterocycles. The Morgan fingerprint density at radius 3 is 2.88 bits per heavy atom. The normalized spacial score (nSPS) is 20.2. The Bertz CT molecular complexity index is 384. The highest BCUT2D eigenvalue weighted by Crippen LogP contribution is 2.25. The lowest BCUT2D eigenvalue weighted by Crippen LogP contribution is -2.33. The number of aromatic hydroxyl groups is 1. The van der Waals surface area contributed by atoms with Gasteiger partial charge in [0.1, 0.15) is 5.75 Å². The van der Waals surface area contributed by atoms with Crippen molar-refractivity contribution in [3.8, 4) is 5.75 Å². The van der Waals surface area contributed by atoms with Crippen LogP contribution in [0.1, 0.15) is 24.0 Å². The zero-order valence-corrected chi connectivity index (χ0v) is 10.7. The summed E-state index contributed by atoms with van der Waals surface area (Å²) >= 11 is 0. The number of rotatable bonds is 3. The van der Waals surface area contributed by atoms with Crippen LogP contribution in [0.4, 0.5) is 5.69 Å². The Balaban J connectivity index is 1.96. The van der Waals surface area contributed by atoms with Gasteiger partial charge in [-0.05, 0) is 69.0 Å². The van der Waals surface area contributed by atoms with Crippen molar-refractivity contribution in [3.63, 3.8) is 0 Å². The molecular weight excluding hydrogens is 212 g/mol. The van der Waals surface area contributed by atoms with Crippen molar-refractivity contribution in [2.45, 2.75) is 26.7 Å². The first kappa shape index (κ1) is 12.2. The van der Waals surface area contributed by atoms with Crippen molar-refractivity contribution in [2.75, 3.05) is 25.0 Å². The molecule has 3 heteroatoms. The largest absolute Gasteiger partial charge is 0.508 e. The summed E-state index contributed by atoms with van der Waals surface area (Å²) in [5.41, 5.74) is 3.18. The summed E-state index contributed by atoms with van der Waals surface area (Å²) in [5, 5.41) is 16.5. The Kier molecular flexibility index (Phi) is 3.89. The van der Waals surface area contributed by atoms with Crippen LogP contribution < -0.4 is 10.6 Å². The maximum atomic E-state index is 9.60. The molecule has 3 N–H and O–H groups in total. The molecule has 3 nitrogen and oxygen atoms in total. The van der Waals surface area contributed by atoms with Crippen LogP contribution in [-0.2, 0) is 0 Å². The highest BCUT2D eigenvalue weighted by atomic mass is 16.3. The van der Waals surface area contributed by atoms with Crippen LogP contribution >= 0.6 is 0 Å². The zero-order chi connectivity index (χ0) is 12.3. The van der Waals surface area contributed by atoms with Crippen LogP contribution in [0.2, 0.25) is 0 Å². The van der Waals surface area contributed by atoms with E-state index in [2.05, 4.69) is 10.6 Å². The first-order valence-electron chi connectivity index (χ1n) is 6.41. The molecule has 1 heterocycles. The van der Waals surface area contributed by atoms with E-state index in [9.17, 15) is 5.11 Å². The number of phenols is 1. The second kappa shape index (κ2) is 5.41. The number of phenolic OH excluding ortho intramolecular Hbond substituents is 1. The molecule has 2 rings (SSSR count). The first-order valence-corrected chi connectivity index (χ1v) is 6.41. The van der Waals surface area contributed by atoms with Crippen molar-refractivity contribution in [1.82, 2.24) is 5.32 Å². The SMILES string of the molecule is Cc1cc(NCC2CCCNC2)c(C)cc1O. The van der Waals surface area contributed by atoms with Gasteiger partial charge < -0.3 is 15.7 Å². The van der Waals surface area contributed by atoms with Crippen LogP contribution in [0.15, 0.2) is 12.1 Å². The lowest BCUT2D eigenvalue weighted by molar-refractivity contribution is 0.393. The molecule has 1 aromatic carbocycles. The van der Waals surface area contributed by atoms with Crippen LogP contribution in [0, 0.1) is 19.8 Å². The predicted octanol–water partition coefficient (Wildman–Crippen LogP) is 2.42. The van der Waals surface area contributed by atoms with Gasteiger partial charge in [-0.1, -0.05) is 0 Å². The van der Waals surface area contributed by atoms with Crippen molar-refractivity contribution >= 4 is 5.69 Å². The molecule has 0 saturated carbocycles. The van der Waals surface area contributed by atoms with Crippen LogP contribution in [0.3, 0.4) is 0 Å². The molecule has 1 unspecified atom stereocenters. The van der Waals surface area contributed by atoms with Gasteiger partial charge in [-0.2, -0.15) is 0 Å². The number of benzene rings is 1. The van der Waals surface area contributed by atoms with Gasteiger partial charge >= 0.3 is 0 Å². The fraction of sp³-hybridized carbons (Fsp3) is 0.571. The molecule has 94 valence electrons. The molecule has 0 bridgehead atoms. The van der Waals surface area contributed by atoms with E-state index in [1.54, 1.807) is 0 Å². The molecule has 1 fully saturated rings. The number of hydrogen-bond acceptors (Lipinski definition) is 3. The van der Waals surface area contributed by atoms with Gasteiger partial charge in [0.25, 0.3) is 0 Å². The van der Waals surface area contributed by atoms with Crippen molar-refractivity contribution < 1.29 is 5.11 Å². The van der Waals surface area contributed by atoms with E-state index in [4.69, 9.17) is 0 Å². The molecule has 1 saturated heterocycles. The number of anilines is 1. The summed E-state index contributed by atoms with van der Waals surface area (Å²) in [7, 11) is 0. The summed E-state index contributed by atoms with van der Waals surface area (Å²) in [6, 6.07) is 3.86. The molecule has 1 aromatic rings. The van der Waals surface area contributed by atoms with Crippen molar-refractivity contribution in [2.24, 2.45) is 5.92 Å². The summed E-state index contributed by atoms with van der Waals surface area (Å²) in [6.45, 7) is 7.25. The molecule has 1 aliphatic heterocycles. The molecule has 1 aliphatic rings. The third-order valence-corrected chi connectivity index (χ3v) is 3.52. The van der Waals surface area contributed by atoms with Gasteiger partial charge in [-0.3, -0.25) is 0 Å². The topological polar surface area (TPSA) is 44.3 Å². The molecule has 0 amide bonds. The monoisotopic (exact) mass is 234 g/mol. The quantitative estimate of drug-likeness (QED) is 0.704. The Labute approximate surface area is 103 Å². The van der Waals surface area contributed by atoms with Crippen molar-refractivity contribution in [1.29, 1.82) is 0 Å². The molecule has 0 aliphatic carbocycles. The van der Waals surface area contributed by atoms with E-state index in [0.29, 0.717) is 5.75 Å². The third kappa shape index (κ3) is 3.13. The number of nitrogens with one attached hydrogen (secondary N) is 2. The summed E-state index contributed by atoms with van der Waals surface area (Å²) < 4.78 is 0. The van der Waals surface area contributed by atoms with Gasteiger partial charge in [0.15, 0.2) is 0 Å². The second-order valence-electron chi connectivity index (χ2n) is 5.05. The van der Waals surface area contributed by atoms with E-state index in [-0.39, 0.29) is 0 Å². The fourth-order valence-electron chi connectivity index (χ4n) is 2.34. The maximum Gasteiger partial charge on any atom is 0.118 e. The smallest absolute Gasteiger partial charge is 0.118 e. The first-order chi connectivity index (χ1) is 8.16. The van der Waals surface area contributed by atoms with Gasteiger partial charge in [0, 0.05) is 12.2 Å². The summed E-state index contributed by atoms with van der Waals surface area (Å²) in [5.74, 6) is 1.10. The molecule has 0 radical (unpaired) electrons.